The number of rotatable bonds is 9. The van der Waals surface area contributed by atoms with Gasteiger partial charge in [0.15, 0.2) is 0 Å². The van der Waals surface area contributed by atoms with Crippen molar-refractivity contribution >= 4 is 11.8 Å². The SMILES string of the molecule is C#CCN(C(=O)c1ccc(OC)cc1)C(C(=O)NCCCC)C1CCCCC1. The Morgan fingerprint density at radius 3 is 2.50 bits per heavy atom. The van der Waals surface area contributed by atoms with Crippen molar-refractivity contribution in [2.75, 3.05) is 20.2 Å². The molecule has 1 aromatic rings. The van der Waals surface area contributed by atoms with Crippen molar-refractivity contribution in [3.8, 4) is 18.1 Å². The number of nitrogens with zero attached hydrogens (tertiary/aromatic N) is 1. The Labute approximate surface area is 168 Å². The van der Waals surface area contributed by atoms with E-state index in [2.05, 4.69) is 18.2 Å². The minimum Gasteiger partial charge on any atom is -0.497 e. The maximum atomic E-state index is 13.3. The van der Waals surface area contributed by atoms with Crippen LogP contribution in [0.15, 0.2) is 24.3 Å². The number of methoxy groups -OCH3 is 1. The normalized spacial score (nSPS) is 15.3. The van der Waals surface area contributed by atoms with E-state index in [1.54, 1.807) is 36.3 Å². The van der Waals surface area contributed by atoms with E-state index in [-0.39, 0.29) is 24.3 Å². The zero-order valence-electron chi connectivity index (χ0n) is 17.1. The van der Waals surface area contributed by atoms with Gasteiger partial charge in [-0.1, -0.05) is 38.5 Å². The van der Waals surface area contributed by atoms with Crippen molar-refractivity contribution in [2.24, 2.45) is 5.92 Å². The van der Waals surface area contributed by atoms with Gasteiger partial charge < -0.3 is 15.0 Å². The average molecular weight is 385 g/mol. The third kappa shape index (κ3) is 5.76. The number of carbonyl (C=O) groups excluding carboxylic acids is 2. The second-order valence-corrected chi connectivity index (χ2v) is 7.35. The van der Waals surface area contributed by atoms with Crippen LogP contribution in [0.2, 0.25) is 0 Å². The average Bonchev–Trinajstić information content (AvgIpc) is 2.74. The van der Waals surface area contributed by atoms with Crippen LogP contribution in [0.5, 0.6) is 5.75 Å². The number of nitrogens with one attached hydrogen (secondary N) is 1. The van der Waals surface area contributed by atoms with Crippen molar-refractivity contribution in [1.82, 2.24) is 10.2 Å². The van der Waals surface area contributed by atoms with Gasteiger partial charge in [-0.15, -0.1) is 6.42 Å². The zero-order valence-corrected chi connectivity index (χ0v) is 17.1. The molecule has 0 saturated heterocycles. The van der Waals surface area contributed by atoms with Gasteiger partial charge in [0.1, 0.15) is 11.8 Å². The van der Waals surface area contributed by atoms with E-state index in [4.69, 9.17) is 11.2 Å². The lowest BCUT2D eigenvalue weighted by atomic mass is 9.82. The molecule has 1 saturated carbocycles. The van der Waals surface area contributed by atoms with Crippen molar-refractivity contribution in [3.05, 3.63) is 29.8 Å². The summed E-state index contributed by atoms with van der Waals surface area (Å²) in [7, 11) is 1.58. The van der Waals surface area contributed by atoms with E-state index < -0.39 is 6.04 Å². The molecule has 0 spiro atoms. The Hall–Kier alpha value is -2.48. The van der Waals surface area contributed by atoms with E-state index in [0.717, 1.165) is 38.5 Å². The molecule has 1 fully saturated rings. The van der Waals surface area contributed by atoms with Gasteiger partial charge in [0.05, 0.1) is 13.7 Å². The van der Waals surface area contributed by atoms with Crippen molar-refractivity contribution in [1.29, 1.82) is 0 Å². The molecule has 0 aromatic heterocycles. The molecule has 2 rings (SSSR count). The number of carbonyl (C=O) groups is 2. The second kappa shape index (κ2) is 11.4. The first kappa shape index (κ1) is 21.8. The maximum Gasteiger partial charge on any atom is 0.255 e. The van der Waals surface area contributed by atoms with Gasteiger partial charge in [-0.2, -0.15) is 0 Å². The molecule has 1 aromatic carbocycles. The predicted molar refractivity (Wildman–Crippen MR) is 111 cm³/mol. The van der Waals surface area contributed by atoms with Gasteiger partial charge in [-0.25, -0.2) is 0 Å². The first-order valence-electron chi connectivity index (χ1n) is 10.3. The molecule has 1 atom stereocenters. The highest BCUT2D eigenvalue weighted by atomic mass is 16.5. The molecular formula is C23H32N2O3. The van der Waals surface area contributed by atoms with Crippen LogP contribution in [-0.4, -0.2) is 43.0 Å². The highest BCUT2D eigenvalue weighted by Gasteiger charge is 2.36. The quantitative estimate of drug-likeness (QED) is 0.522. The highest BCUT2D eigenvalue weighted by Crippen LogP contribution is 2.30. The number of ether oxygens (including phenoxy) is 1. The zero-order chi connectivity index (χ0) is 20.4. The Morgan fingerprint density at radius 1 is 1.25 bits per heavy atom. The summed E-state index contributed by atoms with van der Waals surface area (Å²) in [4.78, 5) is 27.9. The summed E-state index contributed by atoms with van der Waals surface area (Å²) in [6, 6.07) is 6.41. The third-order valence-electron chi connectivity index (χ3n) is 5.39. The summed E-state index contributed by atoms with van der Waals surface area (Å²) in [6.07, 6.45) is 12.8. The van der Waals surface area contributed by atoms with Gasteiger partial charge in [0.2, 0.25) is 5.91 Å². The molecule has 5 heteroatoms. The number of unbranched alkanes of at least 4 members (excludes halogenated alkanes) is 1. The molecule has 0 bridgehead atoms. The van der Waals surface area contributed by atoms with Gasteiger partial charge in [0.25, 0.3) is 5.91 Å². The molecule has 2 amide bonds. The minimum atomic E-state index is -0.525. The molecule has 1 aliphatic carbocycles. The van der Waals surface area contributed by atoms with Crippen LogP contribution in [0.1, 0.15) is 62.2 Å². The van der Waals surface area contributed by atoms with Crippen LogP contribution in [0.4, 0.5) is 0 Å². The number of amides is 2. The summed E-state index contributed by atoms with van der Waals surface area (Å²) in [6.45, 7) is 2.83. The van der Waals surface area contributed by atoms with Gasteiger partial charge >= 0.3 is 0 Å². The fraction of sp³-hybridized carbons (Fsp3) is 0.565. The summed E-state index contributed by atoms with van der Waals surface area (Å²) >= 11 is 0. The third-order valence-corrected chi connectivity index (χ3v) is 5.39. The number of benzene rings is 1. The highest BCUT2D eigenvalue weighted by molar-refractivity contribution is 5.98. The first-order valence-corrected chi connectivity index (χ1v) is 10.3. The van der Waals surface area contributed by atoms with Gasteiger partial charge in [-0.3, -0.25) is 9.59 Å². The fourth-order valence-corrected chi connectivity index (χ4v) is 3.85. The topological polar surface area (TPSA) is 58.6 Å². The Bertz CT molecular complexity index is 672. The lowest BCUT2D eigenvalue weighted by Gasteiger charge is -2.37. The van der Waals surface area contributed by atoms with E-state index >= 15 is 0 Å². The lowest BCUT2D eigenvalue weighted by Crippen LogP contribution is -2.54. The van der Waals surface area contributed by atoms with E-state index in [1.807, 2.05) is 0 Å². The molecule has 5 nitrogen and oxygen atoms in total. The summed E-state index contributed by atoms with van der Waals surface area (Å²) in [5.74, 6) is 3.12. The molecule has 0 aliphatic heterocycles. The molecule has 152 valence electrons. The van der Waals surface area contributed by atoms with E-state index in [1.165, 1.54) is 6.42 Å². The molecule has 1 aliphatic rings. The molecule has 1 unspecified atom stereocenters. The van der Waals surface area contributed by atoms with Gasteiger partial charge in [0, 0.05) is 12.1 Å². The number of hydrogen-bond donors (Lipinski definition) is 1. The maximum absolute atomic E-state index is 13.3. The van der Waals surface area contributed by atoms with Gasteiger partial charge in [-0.05, 0) is 49.4 Å². The minimum absolute atomic E-state index is 0.0857. The molecule has 0 radical (unpaired) electrons. The number of hydrogen-bond acceptors (Lipinski definition) is 3. The second-order valence-electron chi connectivity index (χ2n) is 7.35. The number of terminal acetylenes is 1. The standard InChI is InChI=1S/C23H32N2O3/c1-4-6-16-24-22(26)21(18-10-8-7-9-11-18)25(17-5-2)23(27)19-12-14-20(28-3)15-13-19/h2,12-15,18,21H,4,6-11,16-17H2,1,3H3,(H,24,26). The van der Waals surface area contributed by atoms with E-state index in [9.17, 15) is 9.59 Å². The molecule has 28 heavy (non-hydrogen) atoms. The van der Waals surface area contributed by atoms with Crippen LogP contribution >= 0.6 is 0 Å². The van der Waals surface area contributed by atoms with Crippen molar-refractivity contribution in [3.63, 3.8) is 0 Å². The summed E-state index contributed by atoms with van der Waals surface area (Å²) < 4.78 is 5.17. The van der Waals surface area contributed by atoms with Crippen LogP contribution in [0.25, 0.3) is 0 Å². The Morgan fingerprint density at radius 2 is 1.93 bits per heavy atom. The largest absolute Gasteiger partial charge is 0.497 e. The summed E-state index contributed by atoms with van der Waals surface area (Å²) in [5.41, 5.74) is 0.512. The molecular weight excluding hydrogens is 352 g/mol. The van der Waals surface area contributed by atoms with Crippen molar-refractivity contribution < 1.29 is 14.3 Å². The monoisotopic (exact) mass is 384 g/mol. The Balaban J connectivity index is 2.28. The fourth-order valence-electron chi connectivity index (χ4n) is 3.85. The van der Waals surface area contributed by atoms with Crippen LogP contribution in [-0.2, 0) is 4.79 Å². The summed E-state index contributed by atoms with van der Waals surface area (Å²) in [5, 5.41) is 3.02. The van der Waals surface area contributed by atoms with E-state index in [0.29, 0.717) is 17.9 Å². The Kier molecular flexibility index (Phi) is 8.87. The predicted octanol–water partition coefficient (Wildman–Crippen LogP) is 3.64. The molecule has 0 heterocycles. The smallest absolute Gasteiger partial charge is 0.255 e. The van der Waals surface area contributed by atoms with Crippen LogP contribution in [0.3, 0.4) is 0 Å². The van der Waals surface area contributed by atoms with Crippen LogP contribution in [0, 0.1) is 18.3 Å². The van der Waals surface area contributed by atoms with Crippen molar-refractivity contribution in [2.45, 2.75) is 57.9 Å². The molecule has 1 N–H and O–H groups in total. The first-order chi connectivity index (χ1) is 13.6. The van der Waals surface area contributed by atoms with Crippen LogP contribution < -0.4 is 10.1 Å². The lowest BCUT2D eigenvalue weighted by molar-refractivity contribution is -0.127.